The largest absolute Gasteiger partial charge is 0.487 e. The Balaban J connectivity index is 1.85. The van der Waals surface area contributed by atoms with Gasteiger partial charge in [0, 0.05) is 11.6 Å². The number of carboxylic acids is 1. The van der Waals surface area contributed by atoms with Crippen LogP contribution in [0.4, 0.5) is 4.39 Å². The van der Waals surface area contributed by atoms with E-state index in [9.17, 15) is 19.1 Å². The molecule has 0 atom stereocenters. The maximum Gasteiger partial charge on any atom is 0.338 e. The molecular weight excluding hydrogens is 435 g/mol. The van der Waals surface area contributed by atoms with Gasteiger partial charge >= 0.3 is 11.9 Å². The first kappa shape index (κ1) is 23.5. The molecule has 1 heterocycles. The van der Waals surface area contributed by atoms with E-state index in [2.05, 4.69) is 15.0 Å². The van der Waals surface area contributed by atoms with Crippen molar-refractivity contribution in [3.05, 3.63) is 71.2 Å². The van der Waals surface area contributed by atoms with Gasteiger partial charge in [0.15, 0.2) is 11.5 Å². The number of hydrogen-bond donors (Lipinski definition) is 1. The van der Waals surface area contributed by atoms with Crippen LogP contribution in [0.25, 0.3) is 11.3 Å². The van der Waals surface area contributed by atoms with E-state index in [1.54, 1.807) is 18.2 Å². The normalized spacial score (nSPS) is 11.2. The number of oxime groups is 1. The smallest absolute Gasteiger partial charge is 0.338 e. The summed E-state index contributed by atoms with van der Waals surface area (Å²) in [6.45, 7) is 2.09. The number of ether oxygens (including phenoxy) is 2. The molecule has 2 aromatic carbocycles. The average molecular weight is 456 g/mol. The molecule has 0 aliphatic carbocycles. The molecule has 3 rings (SSSR count). The number of carbonyl (C=O) groups excluding carboxylic acids is 1. The fourth-order valence-electron chi connectivity index (χ4n) is 2.72. The van der Waals surface area contributed by atoms with E-state index < -0.39 is 11.9 Å². The van der Waals surface area contributed by atoms with Gasteiger partial charge in [-0.25, -0.2) is 14.0 Å². The van der Waals surface area contributed by atoms with Crippen LogP contribution in [0.15, 0.2) is 58.2 Å². The van der Waals surface area contributed by atoms with E-state index in [0.29, 0.717) is 17.9 Å². The van der Waals surface area contributed by atoms with Gasteiger partial charge in [-0.3, -0.25) is 0 Å². The zero-order valence-electron chi connectivity index (χ0n) is 17.9. The number of hydrogen-bond acceptors (Lipinski definition) is 8. The number of nitrogens with zero attached hydrogens (tertiary/aromatic N) is 2. The Hall–Kier alpha value is -4.21. The van der Waals surface area contributed by atoms with Crippen molar-refractivity contribution in [2.24, 2.45) is 5.16 Å². The van der Waals surface area contributed by atoms with Crippen molar-refractivity contribution in [3.8, 4) is 17.0 Å². The summed E-state index contributed by atoms with van der Waals surface area (Å²) >= 11 is 0. The van der Waals surface area contributed by atoms with Crippen LogP contribution in [-0.2, 0) is 9.57 Å². The summed E-state index contributed by atoms with van der Waals surface area (Å²) in [7, 11) is 1.19. The van der Waals surface area contributed by atoms with Gasteiger partial charge in [0.05, 0.1) is 18.2 Å². The topological polar surface area (TPSA) is 120 Å². The molecule has 0 saturated carbocycles. The molecule has 1 aromatic heterocycles. The van der Waals surface area contributed by atoms with Crippen molar-refractivity contribution in [1.29, 1.82) is 0 Å². The lowest BCUT2D eigenvalue weighted by atomic mass is 10.1. The maximum atomic E-state index is 13.2. The monoisotopic (exact) mass is 456 g/mol. The van der Waals surface area contributed by atoms with E-state index in [0.717, 1.165) is 6.42 Å². The standard InChI is InChI=1S/C23H21FN2O7/c1-3-8-32-25-20(21-12-19(26-33-21)14-4-6-17(24)7-5-14)13-31-18-10-15(22(27)28)9-16(11-18)23(29)30-2/h4-7,9-12H,3,8,13H2,1-2H3,(H,27,28)/b25-20+. The molecule has 0 saturated heterocycles. The van der Waals surface area contributed by atoms with E-state index >= 15 is 0 Å². The minimum absolute atomic E-state index is 0.0198. The molecule has 3 aromatic rings. The number of methoxy groups -OCH3 is 1. The molecule has 0 unspecified atom stereocenters. The first-order valence-electron chi connectivity index (χ1n) is 9.92. The van der Waals surface area contributed by atoms with Crippen LogP contribution in [0.1, 0.15) is 39.8 Å². The van der Waals surface area contributed by atoms with E-state index in [1.165, 1.54) is 37.4 Å². The van der Waals surface area contributed by atoms with Crippen LogP contribution in [0.3, 0.4) is 0 Å². The van der Waals surface area contributed by atoms with E-state index in [1.807, 2.05) is 6.92 Å². The summed E-state index contributed by atoms with van der Waals surface area (Å²) < 4.78 is 28.9. The third-order valence-corrected chi connectivity index (χ3v) is 4.35. The molecule has 0 amide bonds. The summed E-state index contributed by atoms with van der Waals surface area (Å²) in [5, 5.41) is 17.3. The predicted octanol–water partition coefficient (Wildman–Crippen LogP) is 4.18. The van der Waals surface area contributed by atoms with Gasteiger partial charge in [-0.2, -0.15) is 0 Å². The third kappa shape index (κ3) is 6.16. The SMILES string of the molecule is CCCO/N=C(\COc1cc(C(=O)O)cc(C(=O)OC)c1)c1cc(-c2ccc(F)cc2)no1. The zero-order chi connectivity index (χ0) is 23.8. The molecule has 0 spiro atoms. The Morgan fingerprint density at radius 1 is 1.12 bits per heavy atom. The molecule has 10 heteroatoms. The van der Waals surface area contributed by atoms with Gasteiger partial charge in [0.25, 0.3) is 0 Å². The number of halogens is 1. The molecule has 172 valence electrons. The van der Waals surface area contributed by atoms with Gasteiger partial charge in [-0.05, 0) is 48.9 Å². The lowest BCUT2D eigenvalue weighted by Gasteiger charge is -2.09. The number of esters is 1. The fraction of sp³-hybridized carbons (Fsp3) is 0.217. The maximum absolute atomic E-state index is 13.2. The highest BCUT2D eigenvalue weighted by molar-refractivity contribution is 6.00. The Kier molecular flexibility index (Phi) is 7.74. The second-order valence-corrected chi connectivity index (χ2v) is 6.79. The number of rotatable bonds is 10. The highest BCUT2D eigenvalue weighted by Gasteiger charge is 2.17. The van der Waals surface area contributed by atoms with Gasteiger partial charge < -0.3 is 23.9 Å². The number of carboxylic acid groups (broad SMARTS) is 1. The van der Waals surface area contributed by atoms with Gasteiger partial charge in [-0.1, -0.05) is 17.2 Å². The first-order chi connectivity index (χ1) is 15.9. The molecule has 9 nitrogen and oxygen atoms in total. The molecule has 0 radical (unpaired) electrons. The lowest BCUT2D eigenvalue weighted by Crippen LogP contribution is -2.14. The van der Waals surface area contributed by atoms with Gasteiger partial charge in [-0.15, -0.1) is 0 Å². The van der Waals surface area contributed by atoms with Gasteiger partial charge in [0.1, 0.15) is 30.5 Å². The highest BCUT2D eigenvalue weighted by Crippen LogP contribution is 2.22. The number of aromatic nitrogens is 1. The first-order valence-corrected chi connectivity index (χ1v) is 9.92. The Morgan fingerprint density at radius 2 is 1.85 bits per heavy atom. The molecular formula is C23H21FN2O7. The summed E-state index contributed by atoms with van der Waals surface area (Å²) in [6, 6.07) is 11.1. The van der Waals surface area contributed by atoms with Crippen LogP contribution in [-0.4, -0.2) is 48.2 Å². The molecule has 0 bridgehead atoms. The Bertz CT molecular complexity index is 1160. The van der Waals surface area contributed by atoms with E-state index in [-0.39, 0.29) is 40.8 Å². The fourth-order valence-corrected chi connectivity index (χ4v) is 2.72. The molecule has 0 fully saturated rings. The molecule has 33 heavy (non-hydrogen) atoms. The second-order valence-electron chi connectivity index (χ2n) is 6.79. The predicted molar refractivity (Wildman–Crippen MR) is 115 cm³/mol. The quantitative estimate of drug-likeness (QED) is 0.209. The van der Waals surface area contributed by atoms with Crippen LogP contribution in [0.2, 0.25) is 0 Å². The average Bonchev–Trinajstić information content (AvgIpc) is 3.31. The number of carbonyl (C=O) groups is 2. The van der Waals surface area contributed by atoms with Crippen molar-refractivity contribution in [3.63, 3.8) is 0 Å². The summed E-state index contributed by atoms with van der Waals surface area (Å²) in [4.78, 5) is 28.5. The van der Waals surface area contributed by atoms with Crippen molar-refractivity contribution in [2.45, 2.75) is 13.3 Å². The van der Waals surface area contributed by atoms with Crippen LogP contribution in [0.5, 0.6) is 5.75 Å². The minimum Gasteiger partial charge on any atom is -0.487 e. The second kappa shape index (κ2) is 10.9. The third-order valence-electron chi connectivity index (χ3n) is 4.35. The lowest BCUT2D eigenvalue weighted by molar-refractivity contribution is 0.0600. The zero-order valence-corrected chi connectivity index (χ0v) is 17.9. The van der Waals surface area contributed by atoms with Crippen molar-refractivity contribution >= 4 is 17.7 Å². The Labute approximate surface area is 188 Å². The Morgan fingerprint density at radius 3 is 2.52 bits per heavy atom. The van der Waals surface area contributed by atoms with Gasteiger partial charge in [0.2, 0.25) is 0 Å². The minimum atomic E-state index is -1.23. The molecule has 0 aliphatic heterocycles. The van der Waals surface area contributed by atoms with Crippen LogP contribution >= 0.6 is 0 Å². The summed E-state index contributed by atoms with van der Waals surface area (Å²) in [5.41, 5.74) is 1.20. The number of benzene rings is 2. The van der Waals surface area contributed by atoms with Crippen LogP contribution in [0, 0.1) is 5.82 Å². The molecule has 0 aliphatic rings. The summed E-state index contributed by atoms with van der Waals surface area (Å²) in [5.74, 6) is -1.96. The van der Waals surface area contributed by atoms with Crippen molar-refractivity contribution in [1.82, 2.24) is 5.16 Å². The van der Waals surface area contributed by atoms with E-state index in [4.69, 9.17) is 14.1 Å². The number of aromatic carboxylic acids is 1. The van der Waals surface area contributed by atoms with Crippen LogP contribution < -0.4 is 4.74 Å². The van der Waals surface area contributed by atoms with Crippen molar-refractivity contribution < 1.29 is 37.9 Å². The highest BCUT2D eigenvalue weighted by atomic mass is 19.1. The van der Waals surface area contributed by atoms with Crippen molar-refractivity contribution in [2.75, 3.05) is 20.3 Å². The molecule has 1 N–H and O–H groups in total. The summed E-state index contributed by atoms with van der Waals surface area (Å²) in [6.07, 6.45) is 0.720.